The number of nitrogens with zero attached hydrogens (tertiary/aromatic N) is 2. The highest BCUT2D eigenvalue weighted by Crippen LogP contribution is 2.15. The fraction of sp³-hybridized carbons (Fsp3) is 0.211. The van der Waals surface area contributed by atoms with E-state index in [1.54, 1.807) is 30.3 Å². The summed E-state index contributed by atoms with van der Waals surface area (Å²) in [4.78, 5) is 23.8. The van der Waals surface area contributed by atoms with Crippen LogP contribution < -0.4 is 10.9 Å². The monoisotopic (exact) mass is 355 g/mol. The highest BCUT2D eigenvalue weighted by molar-refractivity contribution is 5.75. The molecule has 7 heteroatoms. The van der Waals surface area contributed by atoms with Gasteiger partial charge in [0.15, 0.2) is 5.76 Å². The number of carbonyl (C=O) groups is 1. The Kier molecular flexibility index (Phi) is 5.58. The molecule has 2 heterocycles. The molecule has 3 rings (SSSR count). The van der Waals surface area contributed by atoms with Crippen LogP contribution in [-0.4, -0.2) is 15.7 Å². The molecule has 0 bridgehead atoms. The van der Waals surface area contributed by atoms with Crippen molar-refractivity contribution >= 4 is 5.91 Å². The van der Waals surface area contributed by atoms with Gasteiger partial charge in [0.2, 0.25) is 5.91 Å². The number of nitrogens with one attached hydrogen (secondary N) is 1. The Bertz CT molecular complexity index is 918. The summed E-state index contributed by atoms with van der Waals surface area (Å²) >= 11 is 0. The van der Waals surface area contributed by atoms with Crippen molar-refractivity contribution in [1.29, 1.82) is 0 Å². The van der Waals surface area contributed by atoms with Crippen LogP contribution >= 0.6 is 0 Å². The largest absolute Gasteiger partial charge is 0.463 e. The lowest BCUT2D eigenvalue weighted by Crippen LogP contribution is -2.25. The Balaban J connectivity index is 1.49. The zero-order valence-corrected chi connectivity index (χ0v) is 14.0. The fourth-order valence-corrected chi connectivity index (χ4v) is 2.45. The van der Waals surface area contributed by atoms with Crippen LogP contribution in [0, 0.1) is 5.82 Å². The van der Waals surface area contributed by atoms with Gasteiger partial charge in [-0.3, -0.25) is 9.59 Å². The molecule has 0 aliphatic rings. The van der Waals surface area contributed by atoms with Gasteiger partial charge in [-0.15, -0.1) is 0 Å². The highest BCUT2D eigenvalue weighted by atomic mass is 19.1. The molecule has 0 saturated heterocycles. The number of amides is 1. The molecule has 1 aromatic carbocycles. The second-order valence-corrected chi connectivity index (χ2v) is 5.76. The topological polar surface area (TPSA) is 77.1 Å². The predicted molar refractivity (Wildman–Crippen MR) is 93.7 cm³/mol. The number of hydrogen-bond donors (Lipinski definition) is 1. The molecule has 2 aromatic heterocycles. The van der Waals surface area contributed by atoms with Crippen molar-refractivity contribution in [2.75, 3.05) is 0 Å². The molecule has 6 nitrogen and oxygen atoms in total. The molecule has 0 saturated carbocycles. The van der Waals surface area contributed by atoms with E-state index in [2.05, 4.69) is 10.4 Å². The Morgan fingerprint density at radius 2 is 1.96 bits per heavy atom. The van der Waals surface area contributed by atoms with E-state index < -0.39 is 0 Å². The zero-order valence-electron chi connectivity index (χ0n) is 14.0. The van der Waals surface area contributed by atoms with Crippen molar-refractivity contribution in [3.63, 3.8) is 0 Å². The van der Waals surface area contributed by atoms with E-state index in [1.165, 1.54) is 29.1 Å². The molecule has 0 aliphatic heterocycles. The van der Waals surface area contributed by atoms with Gasteiger partial charge in [0.1, 0.15) is 11.5 Å². The fourth-order valence-electron chi connectivity index (χ4n) is 2.45. The summed E-state index contributed by atoms with van der Waals surface area (Å²) in [6.45, 7) is 0.669. The van der Waals surface area contributed by atoms with Crippen LogP contribution in [0.15, 0.2) is 64.0 Å². The first-order valence-corrected chi connectivity index (χ1v) is 8.25. The van der Waals surface area contributed by atoms with E-state index in [0.717, 1.165) is 5.56 Å². The van der Waals surface area contributed by atoms with E-state index >= 15 is 0 Å². The standard InChI is InChI=1S/C19H18FN3O3/c20-15-7-5-14(6-8-15)13-21-18(24)4-1-11-23-19(25)10-9-16(22-23)17-3-2-12-26-17/h2-3,5-10,12H,1,4,11,13H2,(H,21,24). The van der Waals surface area contributed by atoms with E-state index in [1.807, 2.05) is 0 Å². The third kappa shape index (κ3) is 4.66. The van der Waals surface area contributed by atoms with E-state index in [0.29, 0.717) is 31.0 Å². The first-order chi connectivity index (χ1) is 12.6. The molecule has 134 valence electrons. The molecule has 1 amide bonds. The highest BCUT2D eigenvalue weighted by Gasteiger charge is 2.07. The van der Waals surface area contributed by atoms with Gasteiger partial charge in [-0.05, 0) is 42.3 Å². The number of hydrogen-bond acceptors (Lipinski definition) is 4. The Morgan fingerprint density at radius 3 is 2.69 bits per heavy atom. The maximum absolute atomic E-state index is 12.8. The van der Waals surface area contributed by atoms with Crippen molar-refractivity contribution in [3.8, 4) is 11.5 Å². The number of aromatic nitrogens is 2. The summed E-state index contributed by atoms with van der Waals surface area (Å²) in [7, 11) is 0. The van der Waals surface area contributed by atoms with E-state index in [4.69, 9.17) is 4.42 Å². The average Bonchev–Trinajstić information content (AvgIpc) is 3.17. The minimum atomic E-state index is -0.310. The Hall–Kier alpha value is -3.22. The summed E-state index contributed by atoms with van der Waals surface area (Å²) in [5.74, 6) is 0.134. The molecular formula is C19H18FN3O3. The van der Waals surface area contributed by atoms with Gasteiger partial charge >= 0.3 is 0 Å². The van der Waals surface area contributed by atoms with Gasteiger partial charge in [0.05, 0.1) is 6.26 Å². The second-order valence-electron chi connectivity index (χ2n) is 5.76. The number of furan rings is 1. The molecule has 1 N–H and O–H groups in total. The van der Waals surface area contributed by atoms with Gasteiger partial charge in [0.25, 0.3) is 5.56 Å². The third-order valence-electron chi connectivity index (χ3n) is 3.82. The minimum absolute atomic E-state index is 0.135. The van der Waals surface area contributed by atoms with Crippen LogP contribution in [0.4, 0.5) is 4.39 Å². The van der Waals surface area contributed by atoms with E-state index in [9.17, 15) is 14.0 Å². The van der Waals surface area contributed by atoms with Crippen molar-refractivity contribution in [2.24, 2.45) is 0 Å². The molecule has 0 fully saturated rings. The summed E-state index contributed by atoms with van der Waals surface area (Å²) in [6.07, 6.45) is 2.28. The Morgan fingerprint density at radius 1 is 1.15 bits per heavy atom. The van der Waals surface area contributed by atoms with Crippen LogP contribution in [0.1, 0.15) is 18.4 Å². The molecular weight excluding hydrogens is 337 g/mol. The lowest BCUT2D eigenvalue weighted by atomic mass is 10.2. The molecule has 0 unspecified atom stereocenters. The summed E-state index contributed by atoms with van der Waals surface area (Å²) in [5, 5.41) is 7.03. The number of aryl methyl sites for hydroxylation is 1. The lowest BCUT2D eigenvalue weighted by Gasteiger charge is -2.07. The molecule has 0 radical (unpaired) electrons. The molecule has 26 heavy (non-hydrogen) atoms. The number of carbonyl (C=O) groups excluding carboxylic acids is 1. The maximum Gasteiger partial charge on any atom is 0.266 e. The van der Waals surface area contributed by atoms with Crippen molar-refractivity contribution in [3.05, 3.63) is 76.5 Å². The lowest BCUT2D eigenvalue weighted by molar-refractivity contribution is -0.121. The van der Waals surface area contributed by atoms with Crippen LogP contribution in [0.3, 0.4) is 0 Å². The molecule has 3 aromatic rings. The Labute approximate surface area is 149 Å². The SMILES string of the molecule is O=C(CCCn1nc(-c2ccco2)ccc1=O)NCc1ccc(F)cc1. The van der Waals surface area contributed by atoms with Gasteiger partial charge in [-0.2, -0.15) is 5.10 Å². The summed E-state index contributed by atoms with van der Waals surface area (Å²) < 4.78 is 19.4. The van der Waals surface area contributed by atoms with Crippen LogP contribution in [-0.2, 0) is 17.9 Å². The van der Waals surface area contributed by atoms with Gasteiger partial charge in [-0.1, -0.05) is 12.1 Å². The number of halogens is 1. The summed E-state index contributed by atoms with van der Waals surface area (Å²) in [5.41, 5.74) is 1.16. The van der Waals surface area contributed by atoms with Gasteiger partial charge < -0.3 is 9.73 Å². The predicted octanol–water partition coefficient (Wildman–Crippen LogP) is 2.74. The van der Waals surface area contributed by atoms with Crippen molar-refractivity contribution < 1.29 is 13.6 Å². The first kappa shape index (κ1) is 17.6. The second kappa shape index (κ2) is 8.24. The third-order valence-corrected chi connectivity index (χ3v) is 3.82. The van der Waals surface area contributed by atoms with Crippen molar-refractivity contribution in [1.82, 2.24) is 15.1 Å². The molecule has 0 spiro atoms. The minimum Gasteiger partial charge on any atom is -0.463 e. The first-order valence-electron chi connectivity index (χ1n) is 8.25. The quantitative estimate of drug-likeness (QED) is 0.707. The molecule has 0 aliphatic carbocycles. The van der Waals surface area contributed by atoms with Crippen LogP contribution in [0.5, 0.6) is 0 Å². The smallest absolute Gasteiger partial charge is 0.266 e. The zero-order chi connectivity index (χ0) is 18.4. The van der Waals surface area contributed by atoms with Crippen LogP contribution in [0.2, 0.25) is 0 Å². The maximum atomic E-state index is 12.8. The average molecular weight is 355 g/mol. The number of rotatable bonds is 7. The summed E-state index contributed by atoms with van der Waals surface area (Å²) in [6, 6.07) is 12.5. The van der Waals surface area contributed by atoms with Gasteiger partial charge in [-0.25, -0.2) is 9.07 Å². The normalized spacial score (nSPS) is 10.7. The van der Waals surface area contributed by atoms with Gasteiger partial charge in [0, 0.05) is 25.6 Å². The number of benzene rings is 1. The van der Waals surface area contributed by atoms with E-state index in [-0.39, 0.29) is 23.7 Å². The van der Waals surface area contributed by atoms with Crippen molar-refractivity contribution in [2.45, 2.75) is 25.9 Å². The van der Waals surface area contributed by atoms with Crippen LogP contribution in [0.25, 0.3) is 11.5 Å². The molecule has 0 atom stereocenters.